The molecule has 2 aliphatic rings. The van der Waals surface area contributed by atoms with Gasteiger partial charge < -0.3 is 36.0 Å². The van der Waals surface area contributed by atoms with Crippen LogP contribution in [0.4, 0.5) is 0 Å². The van der Waals surface area contributed by atoms with Crippen LogP contribution in [-0.2, 0) is 29.2 Å². The molecule has 15 nitrogen and oxygen atoms in total. The maximum atomic E-state index is 14.0. The van der Waals surface area contributed by atoms with Gasteiger partial charge in [0.25, 0.3) is 11.9 Å². The summed E-state index contributed by atoms with van der Waals surface area (Å²) in [5.41, 5.74) is 5.66. The molecule has 0 bridgehead atoms. The van der Waals surface area contributed by atoms with Crippen molar-refractivity contribution < 1.29 is 37.4 Å². The number of aliphatic carboxylic acids is 1. The lowest BCUT2D eigenvalue weighted by molar-refractivity contribution is -0.136. The number of ether oxygens (including phenoxy) is 1. The van der Waals surface area contributed by atoms with Crippen LogP contribution in [-0.4, -0.2) is 104 Å². The Morgan fingerprint density at radius 3 is 2.33 bits per heavy atom. The van der Waals surface area contributed by atoms with Gasteiger partial charge in [-0.05, 0) is 66.6 Å². The Morgan fingerprint density at radius 1 is 0.981 bits per heavy atom. The Balaban J connectivity index is 0.00000144. The third kappa shape index (κ3) is 12.5. The standard InChI is InChI=1S/C34H43N7O6S.C2H4O2/c35-34(36)40-17-6-7-24(22-40)21-38-31(42)20-30(39-48(45,46)29-15-12-25-8-4-5-9-26(25)19-29)33(44)41(27-13-14-27)18-16-37-32(43)23-47-28-10-2-1-3-11-28;1-2(3)4/h1-5,8-12,15,19,24,27,30,39H,6-7,13-14,16-18,20-23H2,(H3,35,36)(H,37,43)(H,38,42);1H3,(H,3,4)/t24-,30-;/m0./s1. The number of nitrogens with one attached hydrogen (secondary N) is 4. The molecule has 1 saturated heterocycles. The number of fused-ring (bicyclic) bond motifs is 1. The van der Waals surface area contributed by atoms with E-state index in [1.54, 1.807) is 46.2 Å². The summed E-state index contributed by atoms with van der Waals surface area (Å²) in [6.07, 6.45) is 2.74. The predicted molar refractivity (Wildman–Crippen MR) is 195 cm³/mol. The van der Waals surface area contributed by atoms with Crippen LogP contribution in [0.5, 0.6) is 5.75 Å². The van der Waals surface area contributed by atoms with E-state index in [9.17, 15) is 22.8 Å². The fraction of sp³-hybridized carbons (Fsp3) is 0.417. The van der Waals surface area contributed by atoms with Crippen molar-refractivity contribution in [3.63, 3.8) is 0 Å². The zero-order valence-electron chi connectivity index (χ0n) is 29.1. The fourth-order valence-corrected chi connectivity index (χ4v) is 7.05. The highest BCUT2D eigenvalue weighted by atomic mass is 32.2. The summed E-state index contributed by atoms with van der Waals surface area (Å²) >= 11 is 0. The molecule has 52 heavy (non-hydrogen) atoms. The number of para-hydroxylation sites is 1. The lowest BCUT2D eigenvalue weighted by atomic mass is 9.98. The van der Waals surface area contributed by atoms with Crippen LogP contribution in [0.15, 0.2) is 77.7 Å². The quantitative estimate of drug-likeness (QED) is 0.0981. The number of nitrogens with two attached hydrogens (primary N) is 1. The maximum absolute atomic E-state index is 14.0. The van der Waals surface area contributed by atoms with E-state index < -0.39 is 40.3 Å². The molecule has 1 aliphatic carbocycles. The topological polar surface area (TPSA) is 224 Å². The molecule has 3 amide bonds. The van der Waals surface area contributed by atoms with Crippen LogP contribution >= 0.6 is 0 Å². The Labute approximate surface area is 303 Å². The molecule has 3 aromatic rings. The molecule has 0 radical (unpaired) electrons. The number of sulfonamides is 1. The molecule has 2 atom stereocenters. The number of rotatable bonds is 15. The summed E-state index contributed by atoms with van der Waals surface area (Å²) in [5, 5.41) is 22.3. The molecule has 3 aromatic carbocycles. The molecule has 280 valence electrons. The molecule has 0 spiro atoms. The highest BCUT2D eigenvalue weighted by molar-refractivity contribution is 7.89. The Hall–Kier alpha value is -5.22. The van der Waals surface area contributed by atoms with Gasteiger partial charge in [0.2, 0.25) is 21.8 Å². The predicted octanol–water partition coefficient (Wildman–Crippen LogP) is 1.88. The lowest BCUT2D eigenvalue weighted by Crippen LogP contribution is -2.53. The van der Waals surface area contributed by atoms with E-state index in [1.807, 2.05) is 24.3 Å². The summed E-state index contributed by atoms with van der Waals surface area (Å²) in [6.45, 7) is 2.68. The van der Waals surface area contributed by atoms with E-state index in [-0.39, 0.29) is 48.4 Å². The number of hydrogen-bond donors (Lipinski definition) is 6. The molecule has 2 fully saturated rings. The van der Waals surface area contributed by atoms with E-state index in [1.165, 1.54) is 12.1 Å². The third-order valence-corrected chi connectivity index (χ3v) is 9.99. The zero-order valence-corrected chi connectivity index (χ0v) is 29.9. The second-order valence-electron chi connectivity index (χ2n) is 12.8. The van der Waals surface area contributed by atoms with Crippen molar-refractivity contribution in [1.82, 2.24) is 25.2 Å². The smallest absolute Gasteiger partial charge is 0.300 e. The number of guanidine groups is 1. The molecule has 1 aliphatic heterocycles. The third-order valence-electron chi connectivity index (χ3n) is 8.52. The van der Waals surface area contributed by atoms with Gasteiger partial charge in [-0.25, -0.2) is 8.42 Å². The van der Waals surface area contributed by atoms with Crippen molar-refractivity contribution in [2.24, 2.45) is 11.7 Å². The molecule has 7 N–H and O–H groups in total. The van der Waals surface area contributed by atoms with Gasteiger partial charge in [0.15, 0.2) is 12.6 Å². The van der Waals surface area contributed by atoms with Crippen molar-refractivity contribution >= 4 is 50.4 Å². The average molecular weight is 738 g/mol. The van der Waals surface area contributed by atoms with Crippen molar-refractivity contribution in [1.29, 1.82) is 5.41 Å². The van der Waals surface area contributed by atoms with E-state index >= 15 is 0 Å². The Bertz CT molecular complexity index is 1820. The number of carbonyl (C=O) groups excluding carboxylic acids is 3. The number of hydrogen-bond acceptors (Lipinski definition) is 8. The maximum Gasteiger partial charge on any atom is 0.300 e. The number of amides is 3. The Morgan fingerprint density at radius 2 is 1.65 bits per heavy atom. The number of piperidine rings is 1. The van der Waals surface area contributed by atoms with Crippen LogP contribution < -0.4 is 25.8 Å². The number of carbonyl (C=O) groups is 4. The minimum atomic E-state index is -4.21. The summed E-state index contributed by atoms with van der Waals surface area (Å²) in [4.78, 5) is 52.0. The molecule has 5 rings (SSSR count). The first-order valence-electron chi connectivity index (χ1n) is 17.1. The SMILES string of the molecule is CC(=O)O.N=C(N)N1CCC[C@@H](CNC(=O)C[C@H](NS(=O)(=O)c2ccc3ccccc3c2)C(=O)N(CCNC(=O)COc2ccccc2)C2CC2)C1. The summed E-state index contributed by atoms with van der Waals surface area (Å²) in [7, 11) is -4.21. The van der Waals surface area contributed by atoms with Crippen molar-refractivity contribution in [3.8, 4) is 5.75 Å². The summed E-state index contributed by atoms with van der Waals surface area (Å²) in [6, 6.07) is 19.5. The largest absolute Gasteiger partial charge is 0.484 e. The first-order valence-corrected chi connectivity index (χ1v) is 18.6. The highest BCUT2D eigenvalue weighted by Gasteiger charge is 2.38. The molecule has 0 aromatic heterocycles. The van der Waals surface area contributed by atoms with Crippen LogP contribution in [0.3, 0.4) is 0 Å². The number of carboxylic acids is 1. The van der Waals surface area contributed by atoms with Crippen LogP contribution in [0.2, 0.25) is 0 Å². The average Bonchev–Trinajstić information content (AvgIpc) is 3.97. The van der Waals surface area contributed by atoms with Crippen molar-refractivity contribution in [2.45, 2.75) is 56.0 Å². The van der Waals surface area contributed by atoms with Crippen LogP contribution in [0.1, 0.15) is 39.0 Å². The highest BCUT2D eigenvalue weighted by Crippen LogP contribution is 2.28. The van der Waals surface area contributed by atoms with Crippen LogP contribution in [0, 0.1) is 11.3 Å². The number of likely N-dealkylation sites (tertiary alicyclic amines) is 1. The van der Waals surface area contributed by atoms with E-state index in [0.717, 1.165) is 43.4 Å². The zero-order chi connectivity index (χ0) is 37.7. The first-order chi connectivity index (χ1) is 24.8. The second-order valence-corrected chi connectivity index (χ2v) is 14.5. The van der Waals surface area contributed by atoms with Gasteiger partial charge in [-0.2, -0.15) is 4.72 Å². The summed E-state index contributed by atoms with van der Waals surface area (Å²) in [5.74, 6) is -1.60. The lowest BCUT2D eigenvalue weighted by Gasteiger charge is -2.33. The monoisotopic (exact) mass is 737 g/mol. The van der Waals surface area contributed by atoms with Crippen LogP contribution in [0.25, 0.3) is 10.8 Å². The summed E-state index contributed by atoms with van der Waals surface area (Å²) < 4.78 is 35.3. The van der Waals surface area contributed by atoms with E-state index in [0.29, 0.717) is 25.4 Å². The van der Waals surface area contributed by atoms with Gasteiger partial charge in [-0.1, -0.05) is 48.5 Å². The molecule has 1 saturated carbocycles. The molecule has 1 heterocycles. The van der Waals surface area contributed by atoms with Gasteiger partial charge in [-0.3, -0.25) is 24.6 Å². The number of nitrogens with zero attached hydrogens (tertiary/aromatic N) is 2. The van der Waals surface area contributed by atoms with Crippen molar-refractivity contribution in [2.75, 3.05) is 39.3 Å². The molecular formula is C36H47N7O8S. The molecular weight excluding hydrogens is 691 g/mol. The van der Waals surface area contributed by atoms with Gasteiger partial charge >= 0.3 is 0 Å². The number of carboxylic acid groups (broad SMARTS) is 1. The molecule has 16 heteroatoms. The number of benzene rings is 3. The Kier molecular flexibility index (Phi) is 14.3. The van der Waals surface area contributed by atoms with Gasteiger partial charge in [0.1, 0.15) is 11.8 Å². The second kappa shape index (κ2) is 18.9. The minimum absolute atomic E-state index is 0.0140. The van der Waals surface area contributed by atoms with E-state index in [4.69, 9.17) is 25.8 Å². The fourth-order valence-electron chi connectivity index (χ4n) is 5.83. The van der Waals surface area contributed by atoms with Crippen molar-refractivity contribution in [3.05, 3.63) is 72.8 Å². The van der Waals surface area contributed by atoms with Gasteiger partial charge in [0, 0.05) is 45.7 Å². The van der Waals surface area contributed by atoms with Gasteiger partial charge in [0.05, 0.1) is 11.3 Å². The molecule has 0 unspecified atom stereocenters. The van der Waals surface area contributed by atoms with E-state index in [2.05, 4.69) is 15.4 Å². The first kappa shape index (κ1) is 39.6. The van der Waals surface area contributed by atoms with Gasteiger partial charge in [-0.15, -0.1) is 0 Å². The minimum Gasteiger partial charge on any atom is -0.484 e. The normalized spacial score (nSPS) is 16.1.